The Hall–Kier alpha value is -2.15. The van der Waals surface area contributed by atoms with Crippen molar-refractivity contribution >= 4 is 28.1 Å². The Morgan fingerprint density at radius 2 is 2.30 bits per heavy atom. The van der Waals surface area contributed by atoms with E-state index in [9.17, 15) is 9.90 Å². The van der Waals surface area contributed by atoms with Crippen LogP contribution in [0.1, 0.15) is 21.7 Å². The van der Waals surface area contributed by atoms with Crippen LogP contribution in [0.15, 0.2) is 33.8 Å². The minimum Gasteiger partial charge on any atom is -0.508 e. The van der Waals surface area contributed by atoms with Crippen LogP contribution in [0, 0.1) is 6.92 Å². The minimum atomic E-state index is -0.364. The van der Waals surface area contributed by atoms with E-state index in [2.05, 4.69) is 31.6 Å². The van der Waals surface area contributed by atoms with Crippen LogP contribution in [0.25, 0.3) is 0 Å². The molecule has 20 heavy (non-hydrogen) atoms. The number of phenols is 1. The summed E-state index contributed by atoms with van der Waals surface area (Å²) < 4.78 is 2.13. The summed E-state index contributed by atoms with van der Waals surface area (Å²) in [6, 6.07) is 6.56. The first-order valence-electron chi connectivity index (χ1n) is 5.80. The monoisotopic (exact) mass is 336 g/mol. The number of hydrazone groups is 1. The van der Waals surface area contributed by atoms with Gasteiger partial charge in [0.05, 0.1) is 16.4 Å². The van der Waals surface area contributed by atoms with Crippen molar-refractivity contribution < 1.29 is 9.90 Å². The quantitative estimate of drug-likeness (QED) is 0.664. The van der Waals surface area contributed by atoms with Gasteiger partial charge in [-0.3, -0.25) is 9.48 Å². The maximum Gasteiger partial charge on any atom is 0.290 e. The first kappa shape index (κ1) is 14.3. The molecule has 2 rings (SSSR count). The molecule has 0 atom stereocenters. The number of nitrogens with one attached hydrogen (secondary N) is 1. The highest BCUT2D eigenvalue weighted by Crippen LogP contribution is 2.19. The molecule has 1 aromatic heterocycles. The van der Waals surface area contributed by atoms with Crippen molar-refractivity contribution in [3.05, 3.63) is 45.7 Å². The highest BCUT2D eigenvalue weighted by Gasteiger charge is 2.17. The predicted molar refractivity (Wildman–Crippen MR) is 78.8 cm³/mol. The number of hydrogen-bond acceptors (Lipinski definition) is 4. The Morgan fingerprint density at radius 1 is 1.55 bits per heavy atom. The van der Waals surface area contributed by atoms with Crippen LogP contribution >= 0.6 is 15.9 Å². The number of aromatic nitrogens is 2. The molecule has 0 unspecified atom stereocenters. The van der Waals surface area contributed by atoms with E-state index in [-0.39, 0.29) is 11.7 Å². The zero-order chi connectivity index (χ0) is 14.7. The van der Waals surface area contributed by atoms with Gasteiger partial charge in [0.2, 0.25) is 0 Å². The summed E-state index contributed by atoms with van der Waals surface area (Å²) in [5, 5.41) is 17.3. The lowest BCUT2D eigenvalue weighted by Gasteiger charge is -2.01. The van der Waals surface area contributed by atoms with Crippen LogP contribution in [-0.2, 0) is 7.05 Å². The molecular formula is C13H13BrN4O2. The van der Waals surface area contributed by atoms with Gasteiger partial charge in [-0.25, -0.2) is 5.43 Å². The van der Waals surface area contributed by atoms with Gasteiger partial charge in [-0.15, -0.1) is 0 Å². The Morgan fingerprint density at radius 3 is 2.90 bits per heavy atom. The molecule has 2 N–H and O–H groups in total. The third-order valence-corrected chi connectivity index (χ3v) is 3.56. The molecule has 0 aliphatic rings. The van der Waals surface area contributed by atoms with Gasteiger partial charge < -0.3 is 5.11 Å². The molecule has 1 heterocycles. The van der Waals surface area contributed by atoms with E-state index in [0.717, 1.165) is 5.69 Å². The second kappa shape index (κ2) is 5.87. The summed E-state index contributed by atoms with van der Waals surface area (Å²) in [6.45, 7) is 1.80. The average Bonchev–Trinajstić information content (AvgIpc) is 2.63. The maximum absolute atomic E-state index is 12.0. The van der Waals surface area contributed by atoms with Crippen LogP contribution < -0.4 is 5.43 Å². The molecule has 0 aliphatic heterocycles. The van der Waals surface area contributed by atoms with E-state index in [4.69, 9.17) is 0 Å². The van der Waals surface area contributed by atoms with Crippen LogP contribution in [0.4, 0.5) is 0 Å². The van der Waals surface area contributed by atoms with Crippen LogP contribution in [-0.4, -0.2) is 27.0 Å². The third kappa shape index (κ3) is 3.05. The normalized spacial score (nSPS) is 10.9. The molecule has 0 spiro atoms. The number of aromatic hydroxyl groups is 1. The molecule has 1 aromatic carbocycles. The number of aryl methyl sites for hydroxylation is 2. The molecule has 0 saturated heterocycles. The summed E-state index contributed by atoms with van der Waals surface area (Å²) >= 11 is 3.32. The van der Waals surface area contributed by atoms with Gasteiger partial charge in [0, 0.05) is 7.05 Å². The fourth-order valence-electron chi connectivity index (χ4n) is 1.70. The highest BCUT2D eigenvalue weighted by molar-refractivity contribution is 9.10. The summed E-state index contributed by atoms with van der Waals surface area (Å²) in [6.07, 6.45) is 1.45. The molecule has 7 heteroatoms. The zero-order valence-corrected chi connectivity index (χ0v) is 12.5. The van der Waals surface area contributed by atoms with E-state index in [0.29, 0.717) is 15.7 Å². The number of amides is 1. The van der Waals surface area contributed by atoms with Crippen molar-refractivity contribution in [2.75, 3.05) is 0 Å². The van der Waals surface area contributed by atoms with E-state index in [1.54, 1.807) is 38.2 Å². The summed E-state index contributed by atoms with van der Waals surface area (Å²) in [5.41, 5.74) is 4.24. The molecule has 0 fully saturated rings. The van der Waals surface area contributed by atoms with Crippen molar-refractivity contribution in [1.82, 2.24) is 15.2 Å². The van der Waals surface area contributed by atoms with Crippen molar-refractivity contribution in [2.45, 2.75) is 6.92 Å². The van der Waals surface area contributed by atoms with Gasteiger partial charge >= 0.3 is 0 Å². The molecule has 0 aliphatic carbocycles. The Bertz CT molecular complexity index is 679. The Balaban J connectivity index is 2.09. The summed E-state index contributed by atoms with van der Waals surface area (Å²) in [7, 11) is 1.69. The van der Waals surface area contributed by atoms with E-state index >= 15 is 0 Å². The standard InChI is InChI=1S/C13H13BrN4O2/c1-8-11(14)12(18(2)17-8)13(20)16-15-7-9-4-3-5-10(19)6-9/h3-7,19H,1-2H3,(H,16,20)/b15-7+. The Labute approximate surface area is 124 Å². The molecule has 1 amide bonds. The first-order chi connectivity index (χ1) is 9.49. The number of rotatable bonds is 3. The SMILES string of the molecule is Cc1nn(C)c(C(=O)N/N=C/c2cccc(O)c2)c1Br. The largest absolute Gasteiger partial charge is 0.508 e. The Kier molecular flexibility index (Phi) is 4.19. The van der Waals surface area contributed by atoms with Crippen molar-refractivity contribution in [1.29, 1.82) is 0 Å². The minimum absolute atomic E-state index is 0.144. The van der Waals surface area contributed by atoms with E-state index in [1.807, 2.05) is 0 Å². The summed E-state index contributed by atoms with van der Waals surface area (Å²) in [5.74, 6) is -0.221. The number of carbonyl (C=O) groups is 1. The second-order valence-electron chi connectivity index (χ2n) is 4.17. The van der Waals surface area contributed by atoms with Gasteiger partial charge in [-0.1, -0.05) is 12.1 Å². The topological polar surface area (TPSA) is 79.5 Å². The molecule has 0 saturated carbocycles. The van der Waals surface area contributed by atoms with Gasteiger partial charge in [-0.05, 0) is 40.5 Å². The molecular weight excluding hydrogens is 324 g/mol. The fraction of sp³-hybridized carbons (Fsp3) is 0.154. The smallest absolute Gasteiger partial charge is 0.290 e. The molecule has 2 aromatic rings. The van der Waals surface area contributed by atoms with Crippen LogP contribution in [0.2, 0.25) is 0 Å². The molecule has 0 radical (unpaired) electrons. The highest BCUT2D eigenvalue weighted by atomic mass is 79.9. The number of benzene rings is 1. The maximum atomic E-state index is 12.0. The first-order valence-corrected chi connectivity index (χ1v) is 6.60. The molecule has 6 nitrogen and oxygen atoms in total. The van der Waals surface area contributed by atoms with Gasteiger partial charge in [0.1, 0.15) is 11.4 Å². The zero-order valence-electron chi connectivity index (χ0n) is 11.0. The lowest BCUT2D eigenvalue weighted by atomic mass is 10.2. The number of carbonyl (C=O) groups excluding carboxylic acids is 1. The fourth-order valence-corrected chi connectivity index (χ4v) is 2.22. The number of phenolic OH excluding ortho intramolecular Hbond substituents is 1. The summed E-state index contributed by atoms with van der Waals surface area (Å²) in [4.78, 5) is 12.0. The lowest BCUT2D eigenvalue weighted by Crippen LogP contribution is -2.21. The van der Waals surface area contributed by atoms with Gasteiger partial charge in [0.25, 0.3) is 5.91 Å². The average molecular weight is 337 g/mol. The van der Waals surface area contributed by atoms with Crippen molar-refractivity contribution in [2.24, 2.45) is 12.1 Å². The van der Waals surface area contributed by atoms with Crippen LogP contribution in [0.5, 0.6) is 5.75 Å². The van der Waals surface area contributed by atoms with Gasteiger partial charge in [0.15, 0.2) is 0 Å². The lowest BCUT2D eigenvalue weighted by molar-refractivity contribution is 0.0945. The van der Waals surface area contributed by atoms with E-state index in [1.165, 1.54) is 10.9 Å². The van der Waals surface area contributed by atoms with E-state index < -0.39 is 0 Å². The van der Waals surface area contributed by atoms with Gasteiger partial charge in [-0.2, -0.15) is 10.2 Å². The predicted octanol–water partition coefficient (Wildman–Crippen LogP) is 1.96. The number of halogens is 1. The molecule has 0 bridgehead atoms. The third-order valence-electron chi connectivity index (χ3n) is 2.61. The van der Waals surface area contributed by atoms with Crippen molar-refractivity contribution in [3.63, 3.8) is 0 Å². The van der Waals surface area contributed by atoms with Crippen molar-refractivity contribution in [3.8, 4) is 5.75 Å². The number of nitrogens with zero attached hydrogens (tertiary/aromatic N) is 3. The van der Waals surface area contributed by atoms with Crippen LogP contribution in [0.3, 0.4) is 0 Å². The second-order valence-corrected chi connectivity index (χ2v) is 4.96. The molecule has 104 valence electrons. The number of hydrogen-bond donors (Lipinski definition) is 2.